The second-order valence-electron chi connectivity index (χ2n) is 6.07. The van der Waals surface area contributed by atoms with Gasteiger partial charge in [0.15, 0.2) is 5.96 Å². The van der Waals surface area contributed by atoms with Gasteiger partial charge in [0.05, 0.1) is 0 Å². The highest BCUT2D eigenvalue weighted by atomic mass is 32.2. The van der Waals surface area contributed by atoms with E-state index in [0.29, 0.717) is 17.7 Å². The van der Waals surface area contributed by atoms with Gasteiger partial charge in [-0.15, -0.1) is 11.8 Å². The molecule has 0 saturated heterocycles. The van der Waals surface area contributed by atoms with Crippen molar-refractivity contribution in [3.8, 4) is 0 Å². The molecule has 132 valence electrons. The van der Waals surface area contributed by atoms with Crippen LogP contribution in [0.5, 0.6) is 0 Å². The molecule has 2 rings (SSSR count). The van der Waals surface area contributed by atoms with Crippen molar-refractivity contribution in [3.63, 3.8) is 0 Å². The van der Waals surface area contributed by atoms with Crippen molar-refractivity contribution in [2.24, 2.45) is 4.99 Å². The quantitative estimate of drug-likeness (QED) is 0.277. The largest absolute Gasteiger partial charge is 0.356 e. The van der Waals surface area contributed by atoms with Crippen molar-refractivity contribution in [1.82, 2.24) is 16.0 Å². The third kappa shape index (κ3) is 7.73. The lowest BCUT2D eigenvalue weighted by molar-refractivity contribution is -0.121. The number of guanidine groups is 1. The molecule has 3 N–H and O–H groups in total. The lowest BCUT2D eigenvalue weighted by Gasteiger charge is -2.16. The number of aliphatic imine (C=N–C) groups is 1. The summed E-state index contributed by atoms with van der Waals surface area (Å²) in [5, 5.41) is 10.0. The van der Waals surface area contributed by atoms with Crippen LogP contribution in [0.2, 0.25) is 0 Å². The van der Waals surface area contributed by atoms with Crippen molar-refractivity contribution in [3.05, 3.63) is 30.3 Å². The maximum Gasteiger partial charge on any atom is 0.220 e. The first-order valence-corrected chi connectivity index (χ1v) is 9.51. The molecule has 1 aromatic rings. The maximum atomic E-state index is 11.6. The van der Waals surface area contributed by atoms with Crippen molar-refractivity contribution < 1.29 is 4.79 Å². The number of carbonyl (C=O) groups excluding carboxylic acids is 1. The number of benzene rings is 1. The first-order chi connectivity index (χ1) is 11.7. The molecule has 24 heavy (non-hydrogen) atoms. The molecule has 1 amide bonds. The molecule has 0 aromatic heterocycles. The fourth-order valence-electron chi connectivity index (χ4n) is 2.22. The van der Waals surface area contributed by atoms with Crippen LogP contribution in [0.15, 0.2) is 40.2 Å². The van der Waals surface area contributed by atoms with Crippen LogP contribution < -0.4 is 16.0 Å². The molecular formula is C18H28N4OS. The molecule has 1 aromatic carbocycles. The zero-order valence-corrected chi connectivity index (χ0v) is 15.4. The van der Waals surface area contributed by atoms with Crippen LogP contribution in [0, 0.1) is 0 Å². The lowest BCUT2D eigenvalue weighted by atomic mass is 10.3. The third-order valence-corrected chi connectivity index (χ3v) is 4.79. The molecule has 0 spiro atoms. The first-order valence-electron chi connectivity index (χ1n) is 8.63. The normalized spacial score (nSPS) is 15.7. The average Bonchev–Trinajstić information content (AvgIpc) is 3.39. The summed E-state index contributed by atoms with van der Waals surface area (Å²) in [6.45, 7) is 3.78. The summed E-state index contributed by atoms with van der Waals surface area (Å²) in [6.07, 6.45) is 3.66. The Morgan fingerprint density at radius 3 is 2.71 bits per heavy atom. The van der Waals surface area contributed by atoms with Crippen molar-refractivity contribution in [2.75, 3.05) is 20.1 Å². The van der Waals surface area contributed by atoms with Crippen LogP contribution in [0.4, 0.5) is 0 Å². The van der Waals surface area contributed by atoms with Crippen molar-refractivity contribution in [1.29, 1.82) is 0 Å². The van der Waals surface area contributed by atoms with Gasteiger partial charge in [-0.05, 0) is 31.4 Å². The van der Waals surface area contributed by atoms with E-state index in [1.807, 2.05) is 17.8 Å². The summed E-state index contributed by atoms with van der Waals surface area (Å²) >= 11 is 1.84. The van der Waals surface area contributed by atoms with E-state index in [1.165, 1.54) is 4.90 Å². The Balaban J connectivity index is 1.56. The van der Waals surface area contributed by atoms with Gasteiger partial charge in [0.25, 0.3) is 0 Å². The van der Waals surface area contributed by atoms with Crippen LogP contribution in [-0.4, -0.2) is 43.3 Å². The molecule has 1 unspecified atom stereocenters. The molecule has 1 fully saturated rings. The number of amides is 1. The lowest BCUT2D eigenvalue weighted by Crippen LogP contribution is -2.40. The van der Waals surface area contributed by atoms with E-state index in [-0.39, 0.29) is 5.91 Å². The molecule has 0 bridgehead atoms. The molecule has 0 heterocycles. The molecule has 0 radical (unpaired) electrons. The predicted octanol–water partition coefficient (Wildman–Crippen LogP) is 2.39. The highest BCUT2D eigenvalue weighted by Gasteiger charge is 2.22. The second kappa shape index (κ2) is 10.2. The van der Waals surface area contributed by atoms with E-state index < -0.39 is 0 Å². The van der Waals surface area contributed by atoms with Gasteiger partial charge in [0, 0.05) is 42.7 Å². The summed E-state index contributed by atoms with van der Waals surface area (Å²) in [5.41, 5.74) is 0. The van der Waals surface area contributed by atoms with Gasteiger partial charge in [-0.1, -0.05) is 25.1 Å². The fourth-order valence-corrected chi connectivity index (χ4v) is 3.16. The Morgan fingerprint density at radius 2 is 2.04 bits per heavy atom. The summed E-state index contributed by atoms with van der Waals surface area (Å²) in [6, 6.07) is 10.8. The third-order valence-electron chi connectivity index (χ3n) is 3.68. The van der Waals surface area contributed by atoms with Crippen LogP contribution in [0.1, 0.15) is 32.6 Å². The Hall–Kier alpha value is -1.69. The minimum atomic E-state index is 0.162. The van der Waals surface area contributed by atoms with E-state index in [4.69, 9.17) is 0 Å². The summed E-state index contributed by atoms with van der Waals surface area (Å²) in [5.74, 6) is 0.952. The Labute approximate surface area is 149 Å². The molecular weight excluding hydrogens is 320 g/mol. The summed E-state index contributed by atoms with van der Waals surface area (Å²) in [4.78, 5) is 17.1. The number of rotatable bonds is 9. The van der Waals surface area contributed by atoms with Crippen LogP contribution >= 0.6 is 11.8 Å². The zero-order valence-electron chi connectivity index (χ0n) is 14.5. The molecule has 1 atom stereocenters. The van der Waals surface area contributed by atoms with Gasteiger partial charge in [-0.2, -0.15) is 0 Å². The van der Waals surface area contributed by atoms with Gasteiger partial charge in [-0.3, -0.25) is 9.79 Å². The monoisotopic (exact) mass is 348 g/mol. The Kier molecular flexibility index (Phi) is 7.95. The van der Waals surface area contributed by atoms with Gasteiger partial charge >= 0.3 is 0 Å². The number of hydrogen-bond donors (Lipinski definition) is 3. The Bertz CT molecular complexity index is 531. The second-order valence-corrected chi connectivity index (χ2v) is 7.58. The highest BCUT2D eigenvalue weighted by molar-refractivity contribution is 8.00. The molecule has 1 aliphatic rings. The van der Waals surface area contributed by atoms with Gasteiger partial charge in [0.2, 0.25) is 5.91 Å². The van der Waals surface area contributed by atoms with Crippen molar-refractivity contribution in [2.45, 2.75) is 48.8 Å². The molecule has 5 nitrogen and oxygen atoms in total. The number of carbonyl (C=O) groups is 1. The van der Waals surface area contributed by atoms with E-state index in [9.17, 15) is 4.79 Å². The van der Waals surface area contributed by atoms with E-state index in [0.717, 1.165) is 38.3 Å². The van der Waals surface area contributed by atoms with E-state index in [1.54, 1.807) is 7.05 Å². The van der Waals surface area contributed by atoms with E-state index in [2.05, 4.69) is 52.1 Å². The molecule has 6 heteroatoms. The number of thioether (sulfide) groups is 1. The SMILES string of the molecule is CN=C(NCCCC(=O)NC1CC1)NCC(C)Sc1ccccc1. The molecule has 1 saturated carbocycles. The minimum Gasteiger partial charge on any atom is -0.356 e. The van der Waals surface area contributed by atoms with Crippen LogP contribution in [-0.2, 0) is 4.79 Å². The summed E-state index contributed by atoms with van der Waals surface area (Å²) in [7, 11) is 1.77. The molecule has 0 aliphatic heterocycles. The fraction of sp³-hybridized carbons (Fsp3) is 0.556. The molecule has 1 aliphatic carbocycles. The van der Waals surface area contributed by atoms with Gasteiger partial charge in [0.1, 0.15) is 0 Å². The number of hydrogen-bond acceptors (Lipinski definition) is 3. The standard InChI is InChI=1S/C18H28N4OS/c1-14(24-16-7-4-3-5-8-16)13-21-18(19-2)20-12-6-9-17(23)22-15-10-11-15/h3-5,7-8,14-15H,6,9-13H2,1-2H3,(H,22,23)(H2,19,20,21). The van der Waals surface area contributed by atoms with Gasteiger partial charge < -0.3 is 16.0 Å². The highest BCUT2D eigenvalue weighted by Crippen LogP contribution is 2.21. The van der Waals surface area contributed by atoms with Crippen LogP contribution in [0.25, 0.3) is 0 Å². The van der Waals surface area contributed by atoms with Crippen molar-refractivity contribution >= 4 is 23.6 Å². The van der Waals surface area contributed by atoms with Crippen LogP contribution in [0.3, 0.4) is 0 Å². The zero-order chi connectivity index (χ0) is 17.2. The maximum absolute atomic E-state index is 11.6. The van der Waals surface area contributed by atoms with Gasteiger partial charge in [-0.25, -0.2) is 0 Å². The predicted molar refractivity (Wildman–Crippen MR) is 102 cm³/mol. The number of nitrogens with zero attached hydrogens (tertiary/aromatic N) is 1. The smallest absolute Gasteiger partial charge is 0.220 e. The topological polar surface area (TPSA) is 65.5 Å². The number of nitrogens with one attached hydrogen (secondary N) is 3. The first kappa shape index (κ1) is 18.6. The minimum absolute atomic E-state index is 0.162. The Morgan fingerprint density at radius 1 is 1.29 bits per heavy atom. The summed E-state index contributed by atoms with van der Waals surface area (Å²) < 4.78 is 0. The average molecular weight is 349 g/mol. The van der Waals surface area contributed by atoms with E-state index >= 15 is 0 Å².